The van der Waals surface area contributed by atoms with E-state index in [2.05, 4.69) is 15.3 Å². The Labute approximate surface area is 157 Å². The Balaban J connectivity index is 1.92. The molecule has 2 heterocycles. The standard InChI is InChI=1S/C19H23N5O3/c1-2-9-24-17(25)8-6-14(22-24)19(27)21-15-12-13(18(20)26)5-7-16(15)23-10-3-4-11-23/h5-8,12H,2-4,9-11H2,1H3,(H2,20,26)(H,21,27). The van der Waals surface area contributed by atoms with Crippen LogP contribution in [0.25, 0.3) is 0 Å². The number of rotatable bonds is 6. The summed E-state index contributed by atoms with van der Waals surface area (Å²) in [4.78, 5) is 38.2. The van der Waals surface area contributed by atoms with E-state index in [-0.39, 0.29) is 11.3 Å². The number of benzene rings is 1. The Kier molecular flexibility index (Phi) is 5.54. The van der Waals surface area contributed by atoms with Gasteiger partial charge in [0.25, 0.3) is 11.5 Å². The molecule has 0 radical (unpaired) electrons. The summed E-state index contributed by atoms with van der Waals surface area (Å²) < 4.78 is 1.27. The number of hydrogen-bond donors (Lipinski definition) is 2. The molecule has 8 nitrogen and oxygen atoms in total. The summed E-state index contributed by atoms with van der Waals surface area (Å²) >= 11 is 0. The number of carbonyl (C=O) groups is 2. The molecule has 0 aliphatic carbocycles. The SMILES string of the molecule is CCCn1nc(C(=O)Nc2cc(C(N)=O)ccc2N2CCCC2)ccc1=O. The van der Waals surface area contributed by atoms with Crippen LogP contribution in [0.5, 0.6) is 0 Å². The van der Waals surface area contributed by atoms with Crippen molar-refractivity contribution in [3.63, 3.8) is 0 Å². The summed E-state index contributed by atoms with van der Waals surface area (Å²) in [6, 6.07) is 7.77. The second-order valence-electron chi connectivity index (χ2n) is 6.52. The number of primary amides is 1. The molecule has 1 aromatic heterocycles. The lowest BCUT2D eigenvalue weighted by molar-refractivity contribution is 0.0995. The van der Waals surface area contributed by atoms with Gasteiger partial charge in [-0.05, 0) is 43.5 Å². The van der Waals surface area contributed by atoms with Gasteiger partial charge in [0, 0.05) is 31.3 Å². The maximum absolute atomic E-state index is 12.7. The summed E-state index contributed by atoms with van der Waals surface area (Å²) in [7, 11) is 0. The van der Waals surface area contributed by atoms with E-state index in [0.29, 0.717) is 17.8 Å². The van der Waals surface area contributed by atoms with Crippen LogP contribution in [0.3, 0.4) is 0 Å². The number of nitrogens with one attached hydrogen (secondary N) is 1. The molecule has 1 fully saturated rings. The number of carbonyl (C=O) groups excluding carboxylic acids is 2. The highest BCUT2D eigenvalue weighted by Crippen LogP contribution is 2.30. The number of nitrogens with zero attached hydrogens (tertiary/aromatic N) is 3. The van der Waals surface area contributed by atoms with Gasteiger partial charge >= 0.3 is 0 Å². The van der Waals surface area contributed by atoms with E-state index in [4.69, 9.17) is 5.73 Å². The van der Waals surface area contributed by atoms with Crippen LogP contribution in [0, 0.1) is 0 Å². The van der Waals surface area contributed by atoms with Crippen molar-refractivity contribution in [2.24, 2.45) is 5.73 Å². The fourth-order valence-electron chi connectivity index (χ4n) is 3.15. The number of aryl methyl sites for hydroxylation is 1. The van der Waals surface area contributed by atoms with Crippen LogP contribution in [0.15, 0.2) is 35.1 Å². The van der Waals surface area contributed by atoms with E-state index >= 15 is 0 Å². The Bertz CT molecular complexity index is 916. The van der Waals surface area contributed by atoms with Gasteiger partial charge in [0.05, 0.1) is 11.4 Å². The van der Waals surface area contributed by atoms with Gasteiger partial charge in [-0.1, -0.05) is 6.92 Å². The van der Waals surface area contributed by atoms with Crippen LogP contribution < -0.4 is 21.5 Å². The van der Waals surface area contributed by atoms with E-state index in [1.807, 2.05) is 6.92 Å². The fourth-order valence-corrected chi connectivity index (χ4v) is 3.15. The molecule has 2 amide bonds. The van der Waals surface area contributed by atoms with E-state index in [9.17, 15) is 14.4 Å². The van der Waals surface area contributed by atoms with Crippen LogP contribution in [-0.4, -0.2) is 34.7 Å². The average Bonchev–Trinajstić information content (AvgIpc) is 3.18. The van der Waals surface area contributed by atoms with Gasteiger partial charge in [-0.25, -0.2) is 4.68 Å². The number of anilines is 2. The Morgan fingerprint density at radius 1 is 1.19 bits per heavy atom. The molecule has 1 saturated heterocycles. The van der Waals surface area contributed by atoms with E-state index in [1.54, 1.807) is 18.2 Å². The van der Waals surface area contributed by atoms with Crippen LogP contribution in [-0.2, 0) is 6.54 Å². The maximum Gasteiger partial charge on any atom is 0.276 e. The molecular formula is C19H23N5O3. The van der Waals surface area contributed by atoms with Gasteiger partial charge in [-0.2, -0.15) is 5.10 Å². The third-order valence-electron chi connectivity index (χ3n) is 4.51. The first-order valence-corrected chi connectivity index (χ1v) is 9.08. The minimum Gasteiger partial charge on any atom is -0.370 e. The number of aromatic nitrogens is 2. The van der Waals surface area contributed by atoms with Gasteiger partial charge in [0.1, 0.15) is 5.69 Å². The molecule has 3 rings (SSSR count). The number of nitrogens with two attached hydrogens (primary N) is 1. The highest BCUT2D eigenvalue weighted by atomic mass is 16.2. The lowest BCUT2D eigenvalue weighted by atomic mass is 10.1. The van der Waals surface area contributed by atoms with Gasteiger partial charge in [-0.3, -0.25) is 14.4 Å². The average molecular weight is 369 g/mol. The second kappa shape index (κ2) is 8.03. The molecule has 0 unspecified atom stereocenters. The summed E-state index contributed by atoms with van der Waals surface area (Å²) in [5.41, 5.74) is 6.94. The van der Waals surface area contributed by atoms with Crippen molar-refractivity contribution in [1.82, 2.24) is 9.78 Å². The molecule has 0 saturated carbocycles. The molecule has 1 aromatic carbocycles. The predicted octanol–water partition coefficient (Wildman–Crippen LogP) is 1.60. The monoisotopic (exact) mass is 369 g/mol. The smallest absolute Gasteiger partial charge is 0.276 e. The Hall–Kier alpha value is -3.16. The zero-order valence-corrected chi connectivity index (χ0v) is 15.3. The van der Waals surface area contributed by atoms with Crippen molar-refractivity contribution < 1.29 is 9.59 Å². The molecule has 27 heavy (non-hydrogen) atoms. The molecule has 142 valence electrons. The van der Waals surface area contributed by atoms with Gasteiger partial charge in [-0.15, -0.1) is 0 Å². The first-order valence-electron chi connectivity index (χ1n) is 9.08. The first-order chi connectivity index (χ1) is 13.0. The summed E-state index contributed by atoms with van der Waals surface area (Å²) in [5.74, 6) is -1.00. The Morgan fingerprint density at radius 2 is 1.93 bits per heavy atom. The highest BCUT2D eigenvalue weighted by molar-refractivity contribution is 6.06. The van der Waals surface area contributed by atoms with Crippen molar-refractivity contribution in [3.8, 4) is 0 Å². The number of amides is 2. The summed E-state index contributed by atoms with van der Waals surface area (Å²) in [5, 5.41) is 6.95. The van der Waals surface area contributed by atoms with Crippen LogP contribution >= 0.6 is 0 Å². The zero-order valence-electron chi connectivity index (χ0n) is 15.3. The molecule has 3 N–H and O–H groups in total. The van der Waals surface area contributed by atoms with Crippen LogP contribution in [0.1, 0.15) is 47.0 Å². The van der Waals surface area contributed by atoms with Crippen LogP contribution in [0.2, 0.25) is 0 Å². The lowest BCUT2D eigenvalue weighted by Gasteiger charge is -2.22. The van der Waals surface area contributed by atoms with E-state index < -0.39 is 11.8 Å². The minimum atomic E-state index is -0.562. The normalized spacial score (nSPS) is 13.6. The third-order valence-corrected chi connectivity index (χ3v) is 4.51. The quantitative estimate of drug-likeness (QED) is 0.804. The molecular weight excluding hydrogens is 346 g/mol. The molecule has 1 aliphatic rings. The fraction of sp³-hybridized carbons (Fsp3) is 0.368. The molecule has 0 bridgehead atoms. The van der Waals surface area contributed by atoms with Crippen molar-refractivity contribution in [2.75, 3.05) is 23.3 Å². The second-order valence-corrected chi connectivity index (χ2v) is 6.52. The van der Waals surface area contributed by atoms with Gasteiger partial charge in [0.15, 0.2) is 0 Å². The zero-order chi connectivity index (χ0) is 19.4. The molecule has 8 heteroatoms. The summed E-state index contributed by atoms with van der Waals surface area (Å²) in [6.07, 6.45) is 2.89. The van der Waals surface area contributed by atoms with E-state index in [1.165, 1.54) is 16.8 Å². The molecule has 1 aliphatic heterocycles. The predicted molar refractivity (Wildman–Crippen MR) is 103 cm³/mol. The van der Waals surface area contributed by atoms with Gasteiger partial charge in [0.2, 0.25) is 5.91 Å². The minimum absolute atomic E-state index is 0.139. The Morgan fingerprint density at radius 3 is 2.59 bits per heavy atom. The molecule has 0 atom stereocenters. The topological polar surface area (TPSA) is 110 Å². The highest BCUT2D eigenvalue weighted by Gasteiger charge is 2.19. The van der Waals surface area contributed by atoms with Crippen molar-refractivity contribution in [3.05, 3.63) is 51.9 Å². The third kappa shape index (κ3) is 4.16. The van der Waals surface area contributed by atoms with Crippen molar-refractivity contribution >= 4 is 23.2 Å². The summed E-state index contributed by atoms with van der Waals surface area (Å²) in [6.45, 7) is 4.14. The van der Waals surface area contributed by atoms with Crippen molar-refractivity contribution in [1.29, 1.82) is 0 Å². The lowest BCUT2D eigenvalue weighted by Crippen LogP contribution is -2.27. The van der Waals surface area contributed by atoms with Crippen LogP contribution in [0.4, 0.5) is 11.4 Å². The van der Waals surface area contributed by atoms with Gasteiger partial charge < -0.3 is 16.0 Å². The first kappa shape index (κ1) is 18.6. The van der Waals surface area contributed by atoms with E-state index in [0.717, 1.165) is 38.0 Å². The number of hydrogen-bond acceptors (Lipinski definition) is 5. The molecule has 2 aromatic rings. The van der Waals surface area contributed by atoms with Crippen molar-refractivity contribution in [2.45, 2.75) is 32.7 Å². The maximum atomic E-state index is 12.7. The molecule has 0 spiro atoms. The largest absolute Gasteiger partial charge is 0.370 e.